The minimum atomic E-state index is -0.557. The normalized spacial score (nSPS) is 18.7. The lowest BCUT2D eigenvalue weighted by Crippen LogP contribution is -2.42. The largest absolute Gasteiger partial charge is 0.506 e. The van der Waals surface area contributed by atoms with Gasteiger partial charge in [-0.25, -0.2) is 0 Å². The van der Waals surface area contributed by atoms with Gasteiger partial charge in [-0.15, -0.1) is 0 Å². The summed E-state index contributed by atoms with van der Waals surface area (Å²) in [5.41, 5.74) is 2.91. The molecule has 26 heavy (non-hydrogen) atoms. The van der Waals surface area contributed by atoms with E-state index in [4.69, 9.17) is 4.74 Å². The van der Waals surface area contributed by atoms with Crippen LogP contribution in [-0.4, -0.2) is 28.8 Å². The molecule has 0 bridgehead atoms. The number of hydrogen-bond donors (Lipinski definition) is 1. The van der Waals surface area contributed by atoms with E-state index >= 15 is 0 Å². The van der Waals surface area contributed by atoms with Crippen molar-refractivity contribution in [3.8, 4) is 5.75 Å². The molecule has 5 nitrogen and oxygen atoms in total. The van der Waals surface area contributed by atoms with Crippen molar-refractivity contribution in [2.45, 2.75) is 18.3 Å². The van der Waals surface area contributed by atoms with Crippen LogP contribution >= 0.6 is 0 Å². The molecule has 1 fully saturated rings. The van der Waals surface area contributed by atoms with Crippen molar-refractivity contribution in [3.63, 3.8) is 0 Å². The molecular weight excluding hydrogens is 328 g/mol. The molecule has 132 valence electrons. The fourth-order valence-corrected chi connectivity index (χ4v) is 4.50. The maximum Gasteiger partial charge on any atom is 0.242 e. The Kier molecular flexibility index (Phi) is 3.18. The van der Waals surface area contributed by atoms with Crippen LogP contribution in [0.2, 0.25) is 0 Å². The molecule has 1 amide bonds. The molecule has 1 saturated heterocycles. The summed E-state index contributed by atoms with van der Waals surface area (Å²) in [6, 6.07) is 13.4. The van der Waals surface area contributed by atoms with E-state index in [0.717, 1.165) is 22.2 Å². The molecule has 5 heteroatoms. The van der Waals surface area contributed by atoms with Crippen LogP contribution in [0.25, 0.3) is 10.9 Å². The number of benzene rings is 2. The molecule has 1 aromatic heterocycles. The SMILES string of the molecule is Cn1ccc2c(N3C(=O)C4(CCOCC4)c4ccccc43)c(O)ccc21. The second-order valence-electron chi connectivity index (χ2n) is 7.14. The fourth-order valence-electron chi connectivity index (χ4n) is 4.50. The van der Waals surface area contributed by atoms with Gasteiger partial charge in [0.25, 0.3) is 0 Å². The number of phenols is 1. The molecule has 0 unspecified atom stereocenters. The second-order valence-corrected chi connectivity index (χ2v) is 7.14. The zero-order valence-corrected chi connectivity index (χ0v) is 14.6. The van der Waals surface area contributed by atoms with Gasteiger partial charge in [0.2, 0.25) is 5.91 Å². The lowest BCUT2D eigenvalue weighted by Gasteiger charge is -2.32. The van der Waals surface area contributed by atoms with Gasteiger partial charge >= 0.3 is 0 Å². The summed E-state index contributed by atoms with van der Waals surface area (Å²) in [4.78, 5) is 15.4. The Bertz CT molecular complexity index is 1030. The maximum absolute atomic E-state index is 13.7. The molecule has 2 aliphatic rings. The van der Waals surface area contributed by atoms with Gasteiger partial charge in [0.05, 0.1) is 16.6 Å². The number of nitrogens with zero attached hydrogens (tertiary/aromatic N) is 2. The number of anilines is 2. The summed E-state index contributed by atoms with van der Waals surface area (Å²) in [5.74, 6) is 0.157. The Labute approximate surface area is 151 Å². The van der Waals surface area contributed by atoms with Crippen LogP contribution in [0.15, 0.2) is 48.7 Å². The number of carbonyl (C=O) groups is 1. The summed E-state index contributed by atoms with van der Waals surface area (Å²) in [6.45, 7) is 1.16. The molecule has 3 aromatic rings. The minimum Gasteiger partial charge on any atom is -0.506 e. The predicted molar refractivity (Wildman–Crippen MR) is 99.9 cm³/mol. The Hall–Kier alpha value is -2.79. The number of phenolic OH excluding ortho intramolecular Hbond substituents is 1. The zero-order valence-electron chi connectivity index (χ0n) is 14.6. The highest BCUT2D eigenvalue weighted by Crippen LogP contribution is 2.53. The monoisotopic (exact) mass is 348 g/mol. The lowest BCUT2D eigenvalue weighted by atomic mass is 9.75. The number of aromatic hydroxyl groups is 1. The van der Waals surface area contributed by atoms with Crippen molar-refractivity contribution in [3.05, 3.63) is 54.2 Å². The van der Waals surface area contributed by atoms with Gasteiger partial charge < -0.3 is 14.4 Å². The quantitative estimate of drug-likeness (QED) is 0.731. The average Bonchev–Trinajstić information content (AvgIpc) is 3.14. The molecule has 1 spiro atoms. The molecular formula is C21H20N2O3. The number of rotatable bonds is 1. The Balaban J connectivity index is 1.79. The van der Waals surface area contributed by atoms with Gasteiger partial charge in [-0.05, 0) is 42.7 Å². The van der Waals surface area contributed by atoms with Crippen LogP contribution in [0.5, 0.6) is 5.75 Å². The number of aromatic nitrogens is 1. The van der Waals surface area contributed by atoms with Crippen molar-refractivity contribution in [2.24, 2.45) is 7.05 Å². The number of fused-ring (bicyclic) bond motifs is 3. The van der Waals surface area contributed by atoms with E-state index in [1.807, 2.05) is 54.2 Å². The van der Waals surface area contributed by atoms with Crippen LogP contribution in [0.4, 0.5) is 11.4 Å². The number of aryl methyl sites for hydroxylation is 1. The maximum atomic E-state index is 13.7. The fraction of sp³-hybridized carbons (Fsp3) is 0.286. The highest BCUT2D eigenvalue weighted by molar-refractivity contribution is 6.18. The van der Waals surface area contributed by atoms with Crippen LogP contribution in [-0.2, 0) is 22.0 Å². The molecule has 2 aliphatic heterocycles. The van der Waals surface area contributed by atoms with Crippen molar-refractivity contribution in [1.29, 1.82) is 0 Å². The van der Waals surface area contributed by atoms with Gasteiger partial charge in [0.15, 0.2) is 0 Å². The first-order valence-electron chi connectivity index (χ1n) is 8.92. The molecule has 0 atom stereocenters. The van der Waals surface area contributed by atoms with E-state index in [0.29, 0.717) is 31.7 Å². The van der Waals surface area contributed by atoms with Gasteiger partial charge in [0, 0.05) is 31.8 Å². The van der Waals surface area contributed by atoms with E-state index in [-0.39, 0.29) is 11.7 Å². The molecule has 1 N–H and O–H groups in total. The number of para-hydroxylation sites is 1. The van der Waals surface area contributed by atoms with Crippen molar-refractivity contribution in [2.75, 3.05) is 18.1 Å². The molecule has 0 aliphatic carbocycles. The van der Waals surface area contributed by atoms with E-state index in [1.54, 1.807) is 11.0 Å². The Morgan fingerprint density at radius 1 is 1.08 bits per heavy atom. The first-order valence-corrected chi connectivity index (χ1v) is 8.92. The minimum absolute atomic E-state index is 0.0358. The third-order valence-electron chi connectivity index (χ3n) is 5.86. The highest BCUT2D eigenvalue weighted by atomic mass is 16.5. The molecule has 2 aromatic carbocycles. The van der Waals surface area contributed by atoms with Gasteiger partial charge in [-0.2, -0.15) is 0 Å². The number of amides is 1. The van der Waals surface area contributed by atoms with E-state index in [2.05, 4.69) is 0 Å². The van der Waals surface area contributed by atoms with E-state index in [9.17, 15) is 9.90 Å². The topological polar surface area (TPSA) is 54.7 Å². The van der Waals surface area contributed by atoms with Gasteiger partial charge in [0.1, 0.15) is 11.4 Å². The first-order chi connectivity index (χ1) is 12.6. The van der Waals surface area contributed by atoms with E-state index < -0.39 is 5.41 Å². The van der Waals surface area contributed by atoms with Crippen molar-refractivity contribution < 1.29 is 14.6 Å². The Morgan fingerprint density at radius 3 is 2.65 bits per heavy atom. The van der Waals surface area contributed by atoms with Crippen LogP contribution in [0.1, 0.15) is 18.4 Å². The molecule has 3 heterocycles. The van der Waals surface area contributed by atoms with Crippen molar-refractivity contribution >= 4 is 28.2 Å². The number of hydrogen-bond acceptors (Lipinski definition) is 3. The van der Waals surface area contributed by atoms with Gasteiger partial charge in [-0.1, -0.05) is 18.2 Å². The van der Waals surface area contributed by atoms with E-state index in [1.165, 1.54) is 0 Å². The lowest BCUT2D eigenvalue weighted by molar-refractivity contribution is -0.125. The summed E-state index contributed by atoms with van der Waals surface area (Å²) >= 11 is 0. The second kappa shape index (κ2) is 5.35. The average molecular weight is 348 g/mol. The molecule has 5 rings (SSSR count). The van der Waals surface area contributed by atoms with Gasteiger partial charge in [-0.3, -0.25) is 9.69 Å². The summed E-state index contributed by atoms with van der Waals surface area (Å²) < 4.78 is 7.53. The smallest absolute Gasteiger partial charge is 0.242 e. The van der Waals surface area contributed by atoms with Crippen LogP contribution < -0.4 is 4.90 Å². The third-order valence-corrected chi connectivity index (χ3v) is 5.86. The van der Waals surface area contributed by atoms with Crippen LogP contribution in [0.3, 0.4) is 0 Å². The zero-order chi connectivity index (χ0) is 17.9. The number of carbonyl (C=O) groups excluding carboxylic acids is 1. The standard InChI is InChI=1S/C21H20N2O3/c1-22-11-8-14-16(22)6-7-18(24)19(14)23-17-5-3-2-4-15(17)21(20(23)25)9-12-26-13-10-21/h2-8,11,24H,9-10,12-13H2,1H3. The predicted octanol–water partition coefficient (Wildman–Crippen LogP) is 3.61. The van der Waals surface area contributed by atoms with Crippen molar-refractivity contribution in [1.82, 2.24) is 4.57 Å². The Morgan fingerprint density at radius 2 is 1.85 bits per heavy atom. The third kappa shape index (κ3) is 1.86. The summed E-state index contributed by atoms with van der Waals surface area (Å²) in [5, 5.41) is 11.6. The highest BCUT2D eigenvalue weighted by Gasteiger charge is 2.52. The summed E-state index contributed by atoms with van der Waals surface area (Å²) in [6.07, 6.45) is 3.29. The number of ether oxygens (including phenoxy) is 1. The molecule has 0 radical (unpaired) electrons. The summed E-state index contributed by atoms with van der Waals surface area (Å²) in [7, 11) is 1.96. The molecule has 0 saturated carbocycles. The first kappa shape index (κ1) is 15.5. The van der Waals surface area contributed by atoms with Crippen LogP contribution in [0, 0.1) is 0 Å².